The van der Waals surface area contributed by atoms with Crippen molar-refractivity contribution in [2.24, 2.45) is 10.7 Å². The molecule has 0 spiro atoms. The van der Waals surface area contributed by atoms with Gasteiger partial charge in [-0.3, -0.25) is 0 Å². The zero-order chi connectivity index (χ0) is 24.1. The van der Waals surface area contributed by atoms with Crippen molar-refractivity contribution in [3.8, 4) is 11.5 Å². The Balaban J connectivity index is 1.32. The van der Waals surface area contributed by atoms with Gasteiger partial charge in [-0.25, -0.2) is 17.7 Å². The molecule has 1 aromatic carbocycles. The second-order valence-corrected chi connectivity index (χ2v) is 12.7. The number of sulfonamides is 1. The maximum atomic E-state index is 12.6. The van der Waals surface area contributed by atoms with E-state index in [-0.39, 0.29) is 17.0 Å². The van der Waals surface area contributed by atoms with E-state index in [2.05, 4.69) is 32.2 Å². The number of aliphatic imine (C=N–C) groups is 1. The van der Waals surface area contributed by atoms with Gasteiger partial charge in [0.05, 0.1) is 11.0 Å². The minimum atomic E-state index is -3.59. The number of guanidine groups is 1. The highest BCUT2D eigenvalue weighted by molar-refractivity contribution is 8.03. The molecular weight excluding hydrogens is 496 g/mol. The molecule has 0 aliphatic carbocycles. The van der Waals surface area contributed by atoms with Gasteiger partial charge in [0.1, 0.15) is 5.54 Å². The van der Waals surface area contributed by atoms with Crippen LogP contribution >= 0.6 is 23.4 Å². The van der Waals surface area contributed by atoms with Crippen LogP contribution in [0.2, 0.25) is 0 Å². The summed E-state index contributed by atoms with van der Waals surface area (Å²) in [7, 11) is -2.19. The summed E-state index contributed by atoms with van der Waals surface area (Å²) >= 11 is 7.99. The van der Waals surface area contributed by atoms with Gasteiger partial charge in [-0.2, -0.15) is 0 Å². The van der Waals surface area contributed by atoms with Crippen LogP contribution in [0.25, 0.3) is 11.5 Å². The Labute approximate surface area is 208 Å². The van der Waals surface area contributed by atoms with E-state index in [1.165, 1.54) is 43.8 Å². The van der Waals surface area contributed by atoms with Gasteiger partial charge < -0.3 is 15.1 Å². The number of hydrogen-bond acceptors (Lipinski definition) is 9. The Morgan fingerprint density at radius 2 is 1.88 bits per heavy atom. The molecule has 1 fully saturated rings. The molecule has 1 unspecified atom stereocenters. The predicted octanol–water partition coefficient (Wildman–Crippen LogP) is 3.70. The normalized spacial score (nSPS) is 27.3. The second kappa shape index (κ2) is 8.76. The molecule has 9 nitrogen and oxygen atoms in total. The summed E-state index contributed by atoms with van der Waals surface area (Å²) < 4.78 is 32.1. The molecule has 182 valence electrons. The van der Waals surface area contributed by atoms with E-state index < -0.39 is 15.6 Å². The molecule has 2 N–H and O–H groups in total. The van der Waals surface area contributed by atoms with Gasteiger partial charge in [0, 0.05) is 47.7 Å². The van der Waals surface area contributed by atoms with Crippen LogP contribution in [0.3, 0.4) is 0 Å². The first kappa shape index (κ1) is 23.5. The largest absolute Gasteiger partial charge is 0.419 e. The van der Waals surface area contributed by atoms with Crippen molar-refractivity contribution in [3.05, 3.63) is 40.1 Å². The number of nitrogens with zero attached hydrogens (tertiary/aromatic N) is 5. The number of nitrogens with two attached hydrogens (primary N) is 1. The molecule has 0 radical (unpaired) electrons. The summed E-state index contributed by atoms with van der Waals surface area (Å²) in [5.74, 6) is 0.633. The van der Waals surface area contributed by atoms with Gasteiger partial charge in [0.25, 0.3) is 0 Å². The van der Waals surface area contributed by atoms with E-state index in [1.54, 1.807) is 6.92 Å². The fourth-order valence-corrected chi connectivity index (χ4v) is 8.00. The van der Waals surface area contributed by atoms with Crippen molar-refractivity contribution in [1.29, 1.82) is 0 Å². The lowest BCUT2D eigenvalue weighted by Gasteiger charge is -2.35. The zero-order valence-corrected chi connectivity index (χ0v) is 21.5. The van der Waals surface area contributed by atoms with E-state index in [9.17, 15) is 8.42 Å². The average Bonchev–Trinajstić information content (AvgIpc) is 3.45. The van der Waals surface area contributed by atoms with Crippen LogP contribution in [-0.4, -0.2) is 60.3 Å². The average molecular weight is 523 g/mol. The summed E-state index contributed by atoms with van der Waals surface area (Å²) in [6, 6.07) is 8.19. The first-order valence-electron chi connectivity index (χ1n) is 11.2. The monoisotopic (exact) mass is 522 g/mol. The first-order chi connectivity index (χ1) is 16.2. The third kappa shape index (κ3) is 4.29. The number of piperidine rings is 1. The molecule has 0 bridgehead atoms. The minimum absolute atomic E-state index is 0.0529. The van der Waals surface area contributed by atoms with Crippen molar-refractivity contribution in [2.45, 2.75) is 43.4 Å². The molecular formula is C22H27ClN6O3S2. The number of benzene rings is 1. The predicted molar refractivity (Wildman–Crippen MR) is 135 cm³/mol. The maximum Gasteiger partial charge on any atom is 0.247 e. The molecule has 1 saturated heterocycles. The summed E-state index contributed by atoms with van der Waals surface area (Å²) in [4.78, 5) is 7.53. The second-order valence-electron chi connectivity index (χ2n) is 9.05. The van der Waals surface area contributed by atoms with E-state index in [1.807, 2.05) is 12.1 Å². The number of hydrogen-bond donors (Lipinski definition) is 1. The fourth-order valence-electron chi connectivity index (χ4n) is 4.57. The lowest BCUT2D eigenvalue weighted by atomic mass is 10.0. The molecule has 4 heterocycles. The van der Waals surface area contributed by atoms with E-state index in [4.69, 9.17) is 21.8 Å². The summed E-state index contributed by atoms with van der Waals surface area (Å²) in [6.45, 7) is 3.91. The van der Waals surface area contributed by atoms with Crippen molar-refractivity contribution in [1.82, 2.24) is 14.5 Å². The third-order valence-electron chi connectivity index (χ3n) is 6.48. The molecule has 34 heavy (non-hydrogen) atoms. The fraction of sp³-hybridized carbons (Fsp3) is 0.500. The maximum absolute atomic E-state index is 12.6. The Hall–Kier alpha value is -2.24. The van der Waals surface area contributed by atoms with Crippen LogP contribution in [-0.2, 0) is 10.0 Å². The molecule has 0 amide bonds. The summed E-state index contributed by atoms with van der Waals surface area (Å²) in [5.41, 5.74) is 6.89. The highest BCUT2D eigenvalue weighted by Gasteiger charge is 2.46. The number of halogens is 1. The van der Waals surface area contributed by atoms with Crippen molar-refractivity contribution < 1.29 is 12.8 Å². The third-order valence-corrected chi connectivity index (χ3v) is 10.5. The summed E-state index contributed by atoms with van der Waals surface area (Å²) in [6.07, 6.45) is 4.21. The zero-order valence-electron chi connectivity index (χ0n) is 19.1. The van der Waals surface area contributed by atoms with Gasteiger partial charge in [-0.1, -0.05) is 11.6 Å². The highest BCUT2D eigenvalue weighted by Crippen LogP contribution is 2.54. The number of thioether (sulfide) groups is 1. The minimum Gasteiger partial charge on any atom is -0.419 e. The van der Waals surface area contributed by atoms with Crippen molar-refractivity contribution in [3.63, 3.8) is 0 Å². The lowest BCUT2D eigenvalue weighted by molar-refractivity contribution is 0.502. The number of rotatable bonds is 4. The Kier molecular flexibility index (Phi) is 6.06. The molecule has 2 aromatic rings. The standard InChI is InChI=1S/C22H27ClN6O3S2/c1-22(13-34(30,31)28(2)21(24)25-22)18-16(23)12-17(33-18)20-27-26-19(32-20)14-6-8-15(9-7-14)29-10-4-3-5-11-29/h6-9,17H,3-5,10-13H2,1-2H3,(H2,24,25)/t17?,22-/m0/s1. The first-order valence-corrected chi connectivity index (χ1v) is 14.1. The lowest BCUT2D eigenvalue weighted by Crippen LogP contribution is -2.51. The number of allylic oxidation sites excluding steroid dienone is 1. The molecule has 3 aliphatic heterocycles. The molecule has 1 aromatic heterocycles. The van der Waals surface area contributed by atoms with Crippen molar-refractivity contribution >= 4 is 45.0 Å². The van der Waals surface area contributed by atoms with E-state index in [0.29, 0.717) is 28.1 Å². The van der Waals surface area contributed by atoms with E-state index >= 15 is 0 Å². The topological polar surface area (TPSA) is 118 Å². The van der Waals surface area contributed by atoms with Crippen molar-refractivity contribution in [2.75, 3.05) is 30.8 Å². The molecule has 2 atom stereocenters. The van der Waals surface area contributed by atoms with Gasteiger partial charge in [-0.05, 0) is 50.5 Å². The molecule has 3 aliphatic rings. The molecule has 12 heteroatoms. The Morgan fingerprint density at radius 1 is 1.18 bits per heavy atom. The molecule has 0 saturated carbocycles. The SMILES string of the molecule is CN1C(N)=N[C@](C)(C2=C(Cl)CC(c3nnc(-c4ccc(N5CCCCC5)cc4)o3)S2)CS1(=O)=O. The van der Waals surface area contributed by atoms with Gasteiger partial charge >= 0.3 is 0 Å². The number of anilines is 1. The van der Waals surface area contributed by atoms with Crippen LogP contribution in [0.15, 0.2) is 43.6 Å². The molecule has 5 rings (SSSR count). The van der Waals surface area contributed by atoms with Gasteiger partial charge in [0.2, 0.25) is 27.8 Å². The van der Waals surface area contributed by atoms with Crippen LogP contribution in [0.5, 0.6) is 0 Å². The van der Waals surface area contributed by atoms with Crippen LogP contribution in [0.4, 0.5) is 5.69 Å². The van der Waals surface area contributed by atoms with Gasteiger partial charge in [0.15, 0.2) is 0 Å². The van der Waals surface area contributed by atoms with Gasteiger partial charge in [-0.15, -0.1) is 22.0 Å². The van der Waals surface area contributed by atoms with Crippen LogP contribution < -0.4 is 10.6 Å². The van der Waals surface area contributed by atoms with Crippen LogP contribution in [0.1, 0.15) is 43.7 Å². The summed E-state index contributed by atoms with van der Waals surface area (Å²) in [5, 5.41) is 8.83. The highest BCUT2D eigenvalue weighted by atomic mass is 35.5. The van der Waals surface area contributed by atoms with Crippen LogP contribution in [0, 0.1) is 0 Å². The number of aromatic nitrogens is 2. The quantitative estimate of drug-likeness (QED) is 0.645. The Morgan fingerprint density at radius 3 is 2.56 bits per heavy atom. The smallest absolute Gasteiger partial charge is 0.247 e. The van der Waals surface area contributed by atoms with E-state index in [0.717, 1.165) is 23.0 Å². The Bertz CT molecular complexity index is 1250.